The number of carbonyl (C=O) groups is 1. The molecule has 150 valence electrons. The lowest BCUT2D eigenvalue weighted by Crippen LogP contribution is -2.41. The Morgan fingerprint density at radius 3 is 2.72 bits per heavy atom. The lowest BCUT2D eigenvalue weighted by atomic mass is 10.1. The van der Waals surface area contributed by atoms with Gasteiger partial charge in [-0.1, -0.05) is 47.7 Å². The average Bonchev–Trinajstić information content (AvgIpc) is 3.23. The molecule has 29 heavy (non-hydrogen) atoms. The first kappa shape index (κ1) is 19.0. The molecule has 1 atom stereocenters. The van der Waals surface area contributed by atoms with E-state index in [9.17, 15) is 4.79 Å². The van der Waals surface area contributed by atoms with Gasteiger partial charge in [-0.05, 0) is 30.5 Å². The molecule has 3 aromatic rings. The number of aromatic nitrogens is 3. The Morgan fingerprint density at radius 2 is 1.90 bits per heavy atom. The van der Waals surface area contributed by atoms with Crippen LogP contribution in [0, 0.1) is 0 Å². The molecule has 4 rings (SSSR count). The second kappa shape index (κ2) is 8.77. The van der Waals surface area contributed by atoms with Gasteiger partial charge >= 0.3 is 0 Å². The number of benzene rings is 2. The van der Waals surface area contributed by atoms with Crippen molar-refractivity contribution in [3.63, 3.8) is 0 Å². The number of likely N-dealkylation sites (N-methyl/N-ethyl adjacent to an activating group) is 1. The minimum atomic E-state index is -0.222. The van der Waals surface area contributed by atoms with Gasteiger partial charge in [0.25, 0.3) is 5.91 Å². The summed E-state index contributed by atoms with van der Waals surface area (Å²) >= 11 is 0. The Labute approximate surface area is 169 Å². The fraction of sp³-hybridized carbons (Fsp3) is 0.318. The standard InChI is InChI=1S/C22H24N4O3/c1-25(14-18-16-28-20-11-5-6-12-21(20)29-18)22(27)19-15-26(24-23-19)13-7-10-17-8-3-2-4-9-17/h2-6,8-9,11-12,15,18H,7,10,13-14,16H2,1H3. The van der Waals surface area contributed by atoms with E-state index in [-0.39, 0.29) is 12.0 Å². The third-order valence-electron chi connectivity index (χ3n) is 4.84. The summed E-state index contributed by atoms with van der Waals surface area (Å²) in [4.78, 5) is 14.3. The highest BCUT2D eigenvalue weighted by Gasteiger charge is 2.25. The van der Waals surface area contributed by atoms with Gasteiger partial charge in [-0.2, -0.15) is 0 Å². The number of aryl methyl sites for hydroxylation is 2. The zero-order valence-corrected chi connectivity index (χ0v) is 16.4. The highest BCUT2D eigenvalue weighted by Crippen LogP contribution is 2.31. The number of ether oxygens (including phenoxy) is 2. The van der Waals surface area contributed by atoms with Gasteiger partial charge in [-0.15, -0.1) is 5.10 Å². The lowest BCUT2D eigenvalue weighted by molar-refractivity contribution is 0.0517. The van der Waals surface area contributed by atoms with Gasteiger partial charge in [0.2, 0.25) is 0 Å². The van der Waals surface area contributed by atoms with Crippen LogP contribution in [0.15, 0.2) is 60.8 Å². The predicted octanol–water partition coefficient (Wildman–Crippen LogP) is 2.82. The van der Waals surface area contributed by atoms with Crippen molar-refractivity contribution in [2.75, 3.05) is 20.2 Å². The zero-order valence-electron chi connectivity index (χ0n) is 16.4. The van der Waals surface area contributed by atoms with Gasteiger partial charge in [0, 0.05) is 13.6 Å². The van der Waals surface area contributed by atoms with Crippen molar-refractivity contribution in [2.45, 2.75) is 25.5 Å². The van der Waals surface area contributed by atoms with Crippen LogP contribution in [0.4, 0.5) is 0 Å². The number of rotatable bonds is 7. The molecule has 0 radical (unpaired) electrons. The Kier molecular flexibility index (Phi) is 5.74. The van der Waals surface area contributed by atoms with Crippen LogP contribution in [0.1, 0.15) is 22.5 Å². The van der Waals surface area contributed by atoms with Crippen molar-refractivity contribution in [1.82, 2.24) is 19.9 Å². The van der Waals surface area contributed by atoms with Crippen LogP contribution in [0.2, 0.25) is 0 Å². The number of amides is 1. The highest BCUT2D eigenvalue weighted by atomic mass is 16.6. The molecule has 2 aromatic carbocycles. The second-order valence-corrected chi connectivity index (χ2v) is 7.14. The zero-order chi connectivity index (χ0) is 20.1. The van der Waals surface area contributed by atoms with Crippen LogP contribution in [0.3, 0.4) is 0 Å². The van der Waals surface area contributed by atoms with Crippen molar-refractivity contribution in [2.24, 2.45) is 0 Å². The van der Waals surface area contributed by atoms with Crippen LogP contribution in [-0.4, -0.2) is 52.1 Å². The van der Waals surface area contributed by atoms with E-state index in [4.69, 9.17) is 9.47 Å². The summed E-state index contributed by atoms with van der Waals surface area (Å²) in [7, 11) is 1.74. The molecule has 2 heterocycles. The summed E-state index contributed by atoms with van der Waals surface area (Å²) < 4.78 is 13.4. The molecule has 1 unspecified atom stereocenters. The second-order valence-electron chi connectivity index (χ2n) is 7.14. The van der Waals surface area contributed by atoms with E-state index in [1.54, 1.807) is 22.8 Å². The van der Waals surface area contributed by atoms with E-state index in [0.717, 1.165) is 25.1 Å². The maximum Gasteiger partial charge on any atom is 0.275 e. The molecule has 7 nitrogen and oxygen atoms in total. The molecule has 0 N–H and O–H groups in total. The fourth-order valence-corrected chi connectivity index (χ4v) is 3.33. The van der Waals surface area contributed by atoms with Gasteiger partial charge < -0.3 is 14.4 Å². The molecular weight excluding hydrogens is 368 g/mol. The number of hydrogen-bond acceptors (Lipinski definition) is 5. The van der Waals surface area contributed by atoms with E-state index in [1.165, 1.54) is 5.56 Å². The van der Waals surface area contributed by atoms with Crippen LogP contribution < -0.4 is 9.47 Å². The summed E-state index contributed by atoms with van der Waals surface area (Å²) in [6, 6.07) is 17.9. The normalized spacial score (nSPS) is 15.1. The summed E-state index contributed by atoms with van der Waals surface area (Å²) in [5, 5.41) is 8.13. The fourth-order valence-electron chi connectivity index (χ4n) is 3.33. The Morgan fingerprint density at radius 1 is 1.14 bits per heavy atom. The van der Waals surface area contributed by atoms with E-state index >= 15 is 0 Å². The molecule has 1 aliphatic heterocycles. The molecule has 0 bridgehead atoms. The molecule has 0 saturated heterocycles. The molecule has 1 amide bonds. The van der Waals surface area contributed by atoms with E-state index in [1.807, 2.05) is 42.5 Å². The van der Waals surface area contributed by atoms with Crippen molar-refractivity contribution < 1.29 is 14.3 Å². The first-order valence-corrected chi connectivity index (χ1v) is 9.77. The predicted molar refractivity (Wildman–Crippen MR) is 108 cm³/mol. The monoisotopic (exact) mass is 392 g/mol. The maximum absolute atomic E-state index is 12.7. The summed E-state index contributed by atoms with van der Waals surface area (Å²) in [6.07, 6.45) is 3.38. The molecule has 7 heteroatoms. The van der Waals surface area contributed by atoms with Crippen molar-refractivity contribution in [3.8, 4) is 11.5 Å². The van der Waals surface area contributed by atoms with Crippen LogP contribution in [-0.2, 0) is 13.0 Å². The smallest absolute Gasteiger partial charge is 0.275 e. The van der Waals surface area contributed by atoms with Gasteiger partial charge in [-0.3, -0.25) is 9.48 Å². The molecule has 0 spiro atoms. The number of carbonyl (C=O) groups excluding carboxylic acids is 1. The summed E-state index contributed by atoms with van der Waals surface area (Å²) in [5.74, 6) is 1.26. The minimum Gasteiger partial charge on any atom is -0.486 e. The quantitative estimate of drug-likeness (QED) is 0.618. The lowest BCUT2D eigenvalue weighted by Gasteiger charge is -2.29. The number of fused-ring (bicyclic) bond motifs is 1. The van der Waals surface area contributed by atoms with Crippen LogP contribution >= 0.6 is 0 Å². The Bertz CT molecular complexity index is 957. The van der Waals surface area contributed by atoms with E-state index < -0.39 is 0 Å². The third-order valence-corrected chi connectivity index (χ3v) is 4.84. The largest absolute Gasteiger partial charge is 0.486 e. The number of para-hydroxylation sites is 2. The van der Waals surface area contributed by atoms with E-state index in [2.05, 4.69) is 22.4 Å². The minimum absolute atomic E-state index is 0.179. The van der Waals surface area contributed by atoms with Gasteiger partial charge in [0.05, 0.1) is 12.7 Å². The van der Waals surface area contributed by atoms with Gasteiger partial charge in [0.1, 0.15) is 6.61 Å². The van der Waals surface area contributed by atoms with Crippen molar-refractivity contribution in [1.29, 1.82) is 0 Å². The summed E-state index contributed by atoms with van der Waals surface area (Å²) in [5.41, 5.74) is 1.63. The average molecular weight is 392 g/mol. The third kappa shape index (κ3) is 4.74. The Balaban J connectivity index is 1.28. The van der Waals surface area contributed by atoms with Gasteiger partial charge in [0.15, 0.2) is 23.3 Å². The molecular formula is C22H24N4O3. The number of nitrogens with zero attached hydrogens (tertiary/aromatic N) is 4. The van der Waals surface area contributed by atoms with Crippen molar-refractivity contribution in [3.05, 3.63) is 72.1 Å². The summed E-state index contributed by atoms with van der Waals surface area (Å²) in [6.45, 7) is 1.53. The Hall–Kier alpha value is -3.35. The van der Waals surface area contributed by atoms with Crippen LogP contribution in [0.25, 0.3) is 0 Å². The molecule has 0 saturated carbocycles. The van der Waals surface area contributed by atoms with Gasteiger partial charge in [-0.25, -0.2) is 0 Å². The maximum atomic E-state index is 12.7. The first-order chi connectivity index (χ1) is 14.2. The topological polar surface area (TPSA) is 69.5 Å². The van der Waals surface area contributed by atoms with E-state index in [0.29, 0.717) is 24.6 Å². The molecule has 0 aliphatic carbocycles. The molecule has 1 aromatic heterocycles. The molecule has 0 fully saturated rings. The first-order valence-electron chi connectivity index (χ1n) is 9.77. The van der Waals surface area contributed by atoms with Crippen LogP contribution in [0.5, 0.6) is 11.5 Å². The number of hydrogen-bond donors (Lipinski definition) is 0. The highest BCUT2D eigenvalue weighted by molar-refractivity contribution is 5.91. The SMILES string of the molecule is CN(CC1COc2ccccc2O1)C(=O)c1cn(CCCc2ccccc2)nn1. The van der Waals surface area contributed by atoms with Crippen molar-refractivity contribution >= 4 is 5.91 Å². The molecule has 1 aliphatic rings.